The maximum Gasteiger partial charge on any atom is 0.0327 e. The maximum atomic E-state index is 3.73. The molecule has 2 atom stereocenters. The Morgan fingerprint density at radius 1 is 1.22 bits per heavy atom. The first-order valence-corrected chi connectivity index (χ1v) is 8.10. The van der Waals surface area contributed by atoms with Crippen molar-refractivity contribution in [3.05, 3.63) is 21.9 Å². The molecule has 0 spiro atoms. The number of thiophene rings is 1. The quantitative estimate of drug-likeness (QED) is 0.899. The first-order valence-electron chi connectivity index (χ1n) is 7.28. The molecule has 2 bridgehead atoms. The van der Waals surface area contributed by atoms with Crippen molar-refractivity contribution in [3.63, 3.8) is 0 Å². The predicted octanol–water partition coefficient (Wildman–Crippen LogP) is 3.03. The average molecular weight is 264 g/mol. The van der Waals surface area contributed by atoms with Crippen LogP contribution in [0, 0.1) is 0 Å². The molecule has 3 heteroatoms. The van der Waals surface area contributed by atoms with Crippen LogP contribution in [-0.4, -0.2) is 30.1 Å². The highest BCUT2D eigenvalue weighted by Gasteiger charge is 2.34. The number of hydrogen-bond donors (Lipinski definition) is 1. The topological polar surface area (TPSA) is 15.3 Å². The van der Waals surface area contributed by atoms with Gasteiger partial charge in [0.05, 0.1) is 0 Å². The fourth-order valence-electron chi connectivity index (χ4n) is 3.46. The fraction of sp³-hybridized carbons (Fsp3) is 0.733. The molecule has 18 heavy (non-hydrogen) atoms. The summed E-state index contributed by atoms with van der Waals surface area (Å²) < 4.78 is 0. The number of aryl methyl sites for hydroxylation is 1. The molecule has 2 aliphatic heterocycles. The molecular weight excluding hydrogens is 240 g/mol. The second-order valence-corrected chi connectivity index (χ2v) is 7.15. The Morgan fingerprint density at radius 3 is 2.50 bits per heavy atom. The van der Waals surface area contributed by atoms with Crippen molar-refractivity contribution in [1.29, 1.82) is 0 Å². The minimum absolute atomic E-state index is 0.788. The van der Waals surface area contributed by atoms with E-state index in [1.54, 1.807) is 0 Å². The van der Waals surface area contributed by atoms with E-state index in [1.807, 2.05) is 11.3 Å². The van der Waals surface area contributed by atoms with Crippen molar-refractivity contribution in [3.8, 4) is 0 Å². The third kappa shape index (κ3) is 2.63. The summed E-state index contributed by atoms with van der Waals surface area (Å²) in [5.41, 5.74) is 0. The van der Waals surface area contributed by atoms with E-state index in [0.29, 0.717) is 0 Å². The van der Waals surface area contributed by atoms with Gasteiger partial charge in [-0.25, -0.2) is 0 Å². The van der Waals surface area contributed by atoms with Crippen LogP contribution in [-0.2, 0) is 13.0 Å². The van der Waals surface area contributed by atoms with Gasteiger partial charge in [-0.15, -0.1) is 11.3 Å². The van der Waals surface area contributed by atoms with Crippen molar-refractivity contribution < 1.29 is 0 Å². The van der Waals surface area contributed by atoms with E-state index in [2.05, 4.69) is 36.3 Å². The van der Waals surface area contributed by atoms with Gasteiger partial charge in [-0.1, -0.05) is 6.92 Å². The maximum absolute atomic E-state index is 3.73. The fourth-order valence-corrected chi connectivity index (χ4v) is 4.48. The van der Waals surface area contributed by atoms with E-state index in [1.165, 1.54) is 41.9 Å². The summed E-state index contributed by atoms with van der Waals surface area (Å²) in [7, 11) is 2.31. The highest BCUT2D eigenvalue weighted by atomic mass is 32.1. The second kappa shape index (κ2) is 5.32. The summed E-state index contributed by atoms with van der Waals surface area (Å²) in [4.78, 5) is 5.63. The van der Waals surface area contributed by atoms with E-state index < -0.39 is 0 Å². The van der Waals surface area contributed by atoms with Gasteiger partial charge in [0.2, 0.25) is 0 Å². The normalized spacial score (nSPS) is 31.2. The molecule has 1 aromatic heterocycles. The van der Waals surface area contributed by atoms with Crippen molar-refractivity contribution >= 4 is 11.3 Å². The van der Waals surface area contributed by atoms with Crippen LogP contribution in [0.15, 0.2) is 12.1 Å². The molecule has 0 saturated carbocycles. The smallest absolute Gasteiger partial charge is 0.0327 e. The van der Waals surface area contributed by atoms with Crippen LogP contribution in [0.25, 0.3) is 0 Å². The molecule has 3 rings (SSSR count). The summed E-state index contributed by atoms with van der Waals surface area (Å²) in [6, 6.07) is 6.99. The number of hydrogen-bond acceptors (Lipinski definition) is 3. The largest absolute Gasteiger partial charge is 0.311 e. The Kier molecular flexibility index (Phi) is 3.73. The number of fused-ring (bicyclic) bond motifs is 2. The summed E-state index contributed by atoms with van der Waals surface area (Å²) in [6.45, 7) is 3.37. The molecule has 0 amide bonds. The number of rotatable bonds is 4. The van der Waals surface area contributed by atoms with Crippen LogP contribution in [0.1, 0.15) is 42.4 Å². The molecule has 3 heterocycles. The summed E-state index contributed by atoms with van der Waals surface area (Å²) in [5, 5.41) is 3.73. The van der Waals surface area contributed by atoms with Gasteiger partial charge in [0.25, 0.3) is 0 Å². The molecule has 100 valence electrons. The zero-order valence-corrected chi connectivity index (χ0v) is 12.3. The summed E-state index contributed by atoms with van der Waals surface area (Å²) in [6.07, 6.45) is 6.66. The second-order valence-electron chi connectivity index (χ2n) is 5.90. The van der Waals surface area contributed by atoms with Crippen LogP contribution in [0.2, 0.25) is 0 Å². The molecule has 1 aromatic rings. The van der Waals surface area contributed by atoms with E-state index in [-0.39, 0.29) is 0 Å². The first kappa shape index (κ1) is 12.6. The number of nitrogens with one attached hydrogen (secondary N) is 1. The van der Waals surface area contributed by atoms with Gasteiger partial charge in [-0.05, 0) is 51.3 Å². The zero-order valence-electron chi connectivity index (χ0n) is 11.5. The van der Waals surface area contributed by atoms with Gasteiger partial charge in [0.15, 0.2) is 0 Å². The van der Waals surface area contributed by atoms with Crippen LogP contribution < -0.4 is 5.32 Å². The van der Waals surface area contributed by atoms with E-state index in [0.717, 1.165) is 24.7 Å². The average Bonchev–Trinajstić information content (AvgIpc) is 2.96. The lowest BCUT2D eigenvalue weighted by atomic mass is 9.98. The van der Waals surface area contributed by atoms with Crippen molar-refractivity contribution in [2.75, 3.05) is 7.05 Å². The monoisotopic (exact) mass is 264 g/mol. The SMILES string of the molecule is CCc1ccc(CN(C)C2CC3CCC(C2)N3)s1. The summed E-state index contributed by atoms with van der Waals surface area (Å²) in [5.74, 6) is 0. The highest BCUT2D eigenvalue weighted by Crippen LogP contribution is 2.30. The van der Waals surface area contributed by atoms with Crippen LogP contribution in [0.3, 0.4) is 0 Å². The Bertz CT molecular complexity index is 389. The Hall–Kier alpha value is -0.380. The lowest BCUT2D eigenvalue weighted by Gasteiger charge is -2.35. The van der Waals surface area contributed by atoms with E-state index in [4.69, 9.17) is 0 Å². The molecule has 2 unspecified atom stereocenters. The highest BCUT2D eigenvalue weighted by molar-refractivity contribution is 7.11. The van der Waals surface area contributed by atoms with Crippen LogP contribution in [0.4, 0.5) is 0 Å². The Morgan fingerprint density at radius 2 is 1.89 bits per heavy atom. The first-order chi connectivity index (χ1) is 8.74. The molecule has 0 aliphatic carbocycles. The van der Waals surface area contributed by atoms with Gasteiger partial charge >= 0.3 is 0 Å². The molecule has 2 aliphatic rings. The molecule has 2 nitrogen and oxygen atoms in total. The van der Waals surface area contributed by atoms with Gasteiger partial charge < -0.3 is 5.32 Å². The van der Waals surface area contributed by atoms with E-state index >= 15 is 0 Å². The third-order valence-corrected chi connectivity index (χ3v) is 5.76. The standard InChI is InChI=1S/C15H24N2S/c1-3-14-6-7-15(18-14)10-17(2)13-8-11-4-5-12(9-13)16-11/h6-7,11-13,16H,3-5,8-10H2,1-2H3. The lowest BCUT2D eigenvalue weighted by Crippen LogP contribution is -2.46. The van der Waals surface area contributed by atoms with Crippen LogP contribution in [0.5, 0.6) is 0 Å². The van der Waals surface area contributed by atoms with Crippen molar-refractivity contribution in [2.24, 2.45) is 0 Å². The number of nitrogens with zero attached hydrogens (tertiary/aromatic N) is 1. The lowest BCUT2D eigenvalue weighted by molar-refractivity contribution is 0.167. The summed E-state index contributed by atoms with van der Waals surface area (Å²) >= 11 is 1.99. The van der Waals surface area contributed by atoms with Gasteiger partial charge in [0.1, 0.15) is 0 Å². The van der Waals surface area contributed by atoms with Gasteiger partial charge in [-0.3, -0.25) is 4.90 Å². The molecule has 0 aromatic carbocycles. The van der Waals surface area contributed by atoms with Crippen LogP contribution >= 0.6 is 11.3 Å². The minimum atomic E-state index is 0.788. The van der Waals surface area contributed by atoms with Crippen molar-refractivity contribution in [2.45, 2.75) is 63.7 Å². The molecule has 2 saturated heterocycles. The minimum Gasteiger partial charge on any atom is -0.311 e. The molecule has 2 fully saturated rings. The Balaban J connectivity index is 1.59. The van der Waals surface area contributed by atoms with Crippen molar-refractivity contribution in [1.82, 2.24) is 10.2 Å². The van der Waals surface area contributed by atoms with E-state index in [9.17, 15) is 0 Å². The number of piperidine rings is 1. The zero-order chi connectivity index (χ0) is 12.5. The predicted molar refractivity (Wildman–Crippen MR) is 78.1 cm³/mol. The van der Waals surface area contributed by atoms with Gasteiger partial charge in [0, 0.05) is 34.4 Å². The molecule has 1 N–H and O–H groups in total. The molecular formula is C15H24N2S. The molecule has 0 radical (unpaired) electrons. The Labute approximate surface area is 114 Å². The third-order valence-electron chi connectivity index (χ3n) is 4.54. The van der Waals surface area contributed by atoms with Gasteiger partial charge in [-0.2, -0.15) is 0 Å².